The maximum atomic E-state index is 12.4. The van der Waals surface area contributed by atoms with Crippen LogP contribution in [0.15, 0.2) is 36.4 Å². The van der Waals surface area contributed by atoms with Gasteiger partial charge in [-0.2, -0.15) is 13.2 Å². The van der Waals surface area contributed by atoms with Gasteiger partial charge in [-0.1, -0.05) is 24.3 Å². The Bertz CT molecular complexity index is 461. The molecule has 3 rings (SSSR count). The monoisotopic (exact) mass is 268 g/mol. The third-order valence-electron chi connectivity index (χ3n) is 4.01. The number of fused-ring (bicyclic) bond motifs is 2. The Hall–Kier alpha value is -1.29. The Morgan fingerprint density at radius 3 is 2.05 bits per heavy atom. The lowest BCUT2D eigenvalue weighted by molar-refractivity contribution is -0.137. The van der Waals surface area contributed by atoms with Crippen molar-refractivity contribution in [3.05, 3.63) is 47.5 Å². The van der Waals surface area contributed by atoms with Crippen molar-refractivity contribution in [2.45, 2.75) is 31.7 Å². The van der Waals surface area contributed by atoms with Gasteiger partial charge in [-0.05, 0) is 30.5 Å². The third-order valence-corrected chi connectivity index (χ3v) is 4.01. The van der Waals surface area contributed by atoms with Crippen molar-refractivity contribution in [2.24, 2.45) is 11.8 Å². The molecule has 0 N–H and O–H groups in total. The standard InChI is InChI=1S/C15H15F3O/c16-15(17,18)13-7-1-10(2-8-13)9-19-14-11-3-4-12(14)6-5-11/h1-4,7-8,11-12,14H,5-6,9H2. The van der Waals surface area contributed by atoms with E-state index in [1.165, 1.54) is 25.0 Å². The van der Waals surface area contributed by atoms with Crippen molar-refractivity contribution in [1.29, 1.82) is 0 Å². The average Bonchev–Trinajstić information content (AvgIpc) is 2.95. The van der Waals surface area contributed by atoms with E-state index in [4.69, 9.17) is 4.74 Å². The van der Waals surface area contributed by atoms with Crippen molar-refractivity contribution in [3.63, 3.8) is 0 Å². The molecule has 2 unspecified atom stereocenters. The van der Waals surface area contributed by atoms with Crippen LogP contribution < -0.4 is 0 Å². The van der Waals surface area contributed by atoms with Crippen molar-refractivity contribution >= 4 is 0 Å². The van der Waals surface area contributed by atoms with Gasteiger partial charge in [-0.3, -0.25) is 0 Å². The van der Waals surface area contributed by atoms with Crippen molar-refractivity contribution < 1.29 is 17.9 Å². The zero-order valence-electron chi connectivity index (χ0n) is 10.4. The van der Waals surface area contributed by atoms with E-state index >= 15 is 0 Å². The molecule has 0 aromatic heterocycles. The second-order valence-electron chi connectivity index (χ2n) is 5.26. The molecular weight excluding hydrogens is 253 g/mol. The number of hydrogen-bond donors (Lipinski definition) is 0. The quantitative estimate of drug-likeness (QED) is 0.747. The average molecular weight is 268 g/mol. The first-order valence-electron chi connectivity index (χ1n) is 6.50. The van der Waals surface area contributed by atoms with Gasteiger partial charge in [0.2, 0.25) is 0 Å². The summed E-state index contributed by atoms with van der Waals surface area (Å²) < 4.78 is 43.1. The van der Waals surface area contributed by atoms with Crippen LogP contribution in [0.2, 0.25) is 0 Å². The van der Waals surface area contributed by atoms with Gasteiger partial charge in [0.25, 0.3) is 0 Å². The molecule has 1 aromatic carbocycles. The zero-order valence-corrected chi connectivity index (χ0v) is 10.4. The molecule has 2 aliphatic carbocycles. The van der Waals surface area contributed by atoms with Gasteiger partial charge >= 0.3 is 6.18 Å². The molecule has 2 bridgehead atoms. The SMILES string of the molecule is FC(F)(F)c1ccc(COC2C3C=CC2CC3)cc1. The summed E-state index contributed by atoms with van der Waals surface area (Å²) in [7, 11) is 0. The van der Waals surface area contributed by atoms with Crippen LogP contribution in [-0.4, -0.2) is 6.10 Å². The molecule has 2 aliphatic rings. The normalized spacial score (nSPS) is 29.1. The van der Waals surface area contributed by atoms with Crippen LogP contribution in [0.1, 0.15) is 24.0 Å². The predicted molar refractivity (Wildman–Crippen MR) is 65.4 cm³/mol. The minimum atomic E-state index is -4.27. The van der Waals surface area contributed by atoms with Gasteiger partial charge in [0.05, 0.1) is 18.3 Å². The number of halogens is 3. The highest BCUT2D eigenvalue weighted by molar-refractivity contribution is 5.24. The Balaban J connectivity index is 1.59. The van der Waals surface area contributed by atoms with E-state index in [0.717, 1.165) is 17.7 Å². The molecule has 0 saturated heterocycles. The van der Waals surface area contributed by atoms with Crippen LogP contribution in [-0.2, 0) is 17.5 Å². The van der Waals surface area contributed by atoms with Crippen LogP contribution in [0.4, 0.5) is 13.2 Å². The van der Waals surface area contributed by atoms with Crippen molar-refractivity contribution in [1.82, 2.24) is 0 Å². The van der Waals surface area contributed by atoms with Crippen LogP contribution in [0.3, 0.4) is 0 Å². The maximum Gasteiger partial charge on any atom is 0.416 e. The van der Waals surface area contributed by atoms with E-state index in [1.807, 2.05) is 0 Å². The Labute approximate surface area is 110 Å². The molecule has 1 nitrogen and oxygen atoms in total. The van der Waals surface area contributed by atoms with Gasteiger partial charge in [-0.15, -0.1) is 0 Å². The highest BCUT2D eigenvalue weighted by atomic mass is 19.4. The van der Waals surface area contributed by atoms with Gasteiger partial charge in [0.1, 0.15) is 0 Å². The van der Waals surface area contributed by atoms with Crippen molar-refractivity contribution in [2.75, 3.05) is 0 Å². The molecule has 4 heteroatoms. The minimum absolute atomic E-state index is 0.224. The summed E-state index contributed by atoms with van der Waals surface area (Å²) in [5.41, 5.74) is 0.179. The van der Waals surface area contributed by atoms with E-state index in [2.05, 4.69) is 12.2 Å². The lowest BCUT2D eigenvalue weighted by atomic mass is 10.1. The fourth-order valence-electron chi connectivity index (χ4n) is 2.96. The summed E-state index contributed by atoms with van der Waals surface area (Å²) in [5.74, 6) is 0.999. The number of rotatable bonds is 3. The van der Waals surface area contributed by atoms with E-state index in [9.17, 15) is 13.2 Å². The molecule has 0 heterocycles. The summed E-state index contributed by atoms with van der Waals surface area (Å²) in [6.07, 6.45) is 2.69. The van der Waals surface area contributed by atoms with Gasteiger partial charge < -0.3 is 4.74 Å². The fourth-order valence-corrected chi connectivity index (χ4v) is 2.96. The summed E-state index contributed by atoms with van der Waals surface area (Å²) in [6.45, 7) is 0.386. The molecule has 19 heavy (non-hydrogen) atoms. The van der Waals surface area contributed by atoms with Crippen LogP contribution >= 0.6 is 0 Å². The van der Waals surface area contributed by atoms with E-state index in [-0.39, 0.29) is 6.10 Å². The minimum Gasteiger partial charge on any atom is -0.372 e. The van der Waals surface area contributed by atoms with Crippen LogP contribution in [0, 0.1) is 11.8 Å². The second kappa shape index (κ2) is 4.67. The van der Waals surface area contributed by atoms with E-state index < -0.39 is 11.7 Å². The van der Waals surface area contributed by atoms with Crippen LogP contribution in [0.25, 0.3) is 0 Å². The molecular formula is C15H15F3O. The molecule has 2 atom stereocenters. The topological polar surface area (TPSA) is 9.23 Å². The summed E-state index contributed by atoms with van der Waals surface area (Å²) in [6, 6.07) is 5.21. The molecule has 102 valence electrons. The first-order chi connectivity index (χ1) is 9.04. The lowest BCUT2D eigenvalue weighted by Gasteiger charge is -2.17. The largest absolute Gasteiger partial charge is 0.416 e. The molecule has 1 saturated carbocycles. The summed E-state index contributed by atoms with van der Waals surface area (Å²) in [4.78, 5) is 0. The predicted octanol–water partition coefficient (Wildman–Crippen LogP) is 4.19. The maximum absolute atomic E-state index is 12.4. The Morgan fingerprint density at radius 1 is 1.00 bits per heavy atom. The number of hydrogen-bond acceptors (Lipinski definition) is 1. The van der Waals surface area contributed by atoms with Crippen LogP contribution in [0.5, 0.6) is 0 Å². The van der Waals surface area contributed by atoms with Gasteiger partial charge in [0.15, 0.2) is 0 Å². The number of ether oxygens (including phenoxy) is 1. The number of alkyl halides is 3. The van der Waals surface area contributed by atoms with Gasteiger partial charge in [-0.25, -0.2) is 0 Å². The molecule has 0 amide bonds. The summed E-state index contributed by atoms with van der Waals surface area (Å²) in [5, 5.41) is 0. The smallest absolute Gasteiger partial charge is 0.372 e. The fraction of sp³-hybridized carbons (Fsp3) is 0.467. The second-order valence-corrected chi connectivity index (χ2v) is 5.26. The summed E-state index contributed by atoms with van der Waals surface area (Å²) >= 11 is 0. The Kier molecular flexibility index (Phi) is 3.13. The molecule has 1 fully saturated rings. The van der Waals surface area contributed by atoms with E-state index in [0.29, 0.717) is 18.4 Å². The lowest BCUT2D eigenvalue weighted by Crippen LogP contribution is -2.18. The molecule has 0 aliphatic heterocycles. The Morgan fingerprint density at radius 2 is 1.58 bits per heavy atom. The molecule has 1 aromatic rings. The molecule has 0 spiro atoms. The van der Waals surface area contributed by atoms with Gasteiger partial charge in [0, 0.05) is 11.8 Å². The number of benzene rings is 1. The van der Waals surface area contributed by atoms with Crippen molar-refractivity contribution in [3.8, 4) is 0 Å². The zero-order chi connectivity index (χ0) is 13.5. The highest BCUT2D eigenvalue weighted by Gasteiger charge is 2.38. The van der Waals surface area contributed by atoms with E-state index in [1.54, 1.807) is 0 Å². The first kappa shape index (κ1) is 12.7. The molecule has 0 radical (unpaired) electrons. The highest BCUT2D eigenvalue weighted by Crippen LogP contribution is 2.41. The first-order valence-corrected chi connectivity index (χ1v) is 6.50. The third kappa shape index (κ3) is 2.54.